The van der Waals surface area contributed by atoms with Crippen molar-refractivity contribution >= 4 is 10.9 Å². The predicted octanol–water partition coefficient (Wildman–Crippen LogP) is 4.33. The summed E-state index contributed by atoms with van der Waals surface area (Å²) in [5.74, 6) is 0. The number of rotatable bonds is 1. The standard InChI is InChI=1S/C20H22N2/c1-12-4-6-15(14(3)10-12)19-20-16(8-9-21-19)17-11-13(2)5-7-18(17)22-20/h4-7,10-11,19,21-22H,8-9H2,1-3H3. The molecule has 2 nitrogen and oxygen atoms in total. The molecule has 1 aliphatic rings. The van der Waals surface area contributed by atoms with Crippen molar-refractivity contribution in [2.45, 2.75) is 33.2 Å². The molecule has 112 valence electrons. The van der Waals surface area contributed by atoms with Gasteiger partial charge in [-0.2, -0.15) is 0 Å². The van der Waals surface area contributed by atoms with Gasteiger partial charge in [-0.05, 0) is 56.0 Å². The molecule has 0 radical (unpaired) electrons. The maximum absolute atomic E-state index is 3.70. The van der Waals surface area contributed by atoms with Gasteiger partial charge >= 0.3 is 0 Å². The molecule has 1 aliphatic heterocycles. The molecule has 2 heterocycles. The molecule has 22 heavy (non-hydrogen) atoms. The summed E-state index contributed by atoms with van der Waals surface area (Å²) in [6.07, 6.45) is 1.10. The molecule has 2 aromatic carbocycles. The first kappa shape index (κ1) is 13.6. The van der Waals surface area contributed by atoms with Crippen LogP contribution in [-0.4, -0.2) is 11.5 Å². The Hall–Kier alpha value is -2.06. The second-order valence-electron chi connectivity index (χ2n) is 6.56. The second-order valence-corrected chi connectivity index (χ2v) is 6.56. The van der Waals surface area contributed by atoms with Crippen molar-refractivity contribution in [2.75, 3.05) is 6.54 Å². The van der Waals surface area contributed by atoms with Crippen LogP contribution in [0.5, 0.6) is 0 Å². The molecule has 0 aliphatic carbocycles. The minimum atomic E-state index is 0.275. The fourth-order valence-electron chi connectivity index (χ4n) is 3.76. The van der Waals surface area contributed by atoms with Gasteiger partial charge in [-0.25, -0.2) is 0 Å². The van der Waals surface area contributed by atoms with E-state index in [-0.39, 0.29) is 6.04 Å². The Kier molecular flexibility index (Phi) is 3.08. The van der Waals surface area contributed by atoms with Crippen LogP contribution in [0.2, 0.25) is 0 Å². The highest BCUT2D eigenvalue weighted by Crippen LogP contribution is 2.35. The number of hydrogen-bond donors (Lipinski definition) is 2. The van der Waals surface area contributed by atoms with Gasteiger partial charge in [0, 0.05) is 23.1 Å². The zero-order chi connectivity index (χ0) is 15.3. The van der Waals surface area contributed by atoms with E-state index < -0.39 is 0 Å². The number of hydrogen-bond acceptors (Lipinski definition) is 1. The van der Waals surface area contributed by atoms with Crippen LogP contribution in [0, 0.1) is 20.8 Å². The van der Waals surface area contributed by atoms with Crippen molar-refractivity contribution in [3.05, 3.63) is 69.9 Å². The van der Waals surface area contributed by atoms with E-state index in [1.54, 1.807) is 0 Å². The number of nitrogens with one attached hydrogen (secondary N) is 2. The zero-order valence-electron chi connectivity index (χ0n) is 13.5. The van der Waals surface area contributed by atoms with E-state index >= 15 is 0 Å². The molecule has 0 saturated carbocycles. The molecule has 4 rings (SSSR count). The van der Waals surface area contributed by atoms with Crippen molar-refractivity contribution in [1.29, 1.82) is 0 Å². The molecule has 1 unspecified atom stereocenters. The van der Waals surface area contributed by atoms with E-state index in [2.05, 4.69) is 67.5 Å². The number of benzene rings is 2. The van der Waals surface area contributed by atoms with Crippen LogP contribution in [0.15, 0.2) is 36.4 Å². The van der Waals surface area contributed by atoms with Gasteiger partial charge in [0.15, 0.2) is 0 Å². The lowest BCUT2D eigenvalue weighted by molar-refractivity contribution is 0.558. The van der Waals surface area contributed by atoms with Crippen molar-refractivity contribution in [3.8, 4) is 0 Å². The number of H-pyrrole nitrogens is 1. The van der Waals surface area contributed by atoms with Gasteiger partial charge in [0.05, 0.1) is 6.04 Å². The summed E-state index contributed by atoms with van der Waals surface area (Å²) in [4.78, 5) is 3.67. The van der Waals surface area contributed by atoms with Gasteiger partial charge in [0.1, 0.15) is 0 Å². The van der Waals surface area contributed by atoms with Crippen LogP contribution in [0.25, 0.3) is 10.9 Å². The fraction of sp³-hybridized carbons (Fsp3) is 0.300. The SMILES string of the molecule is Cc1ccc(C2NCCc3c2[nH]c2ccc(C)cc32)c(C)c1. The molecular weight excluding hydrogens is 268 g/mol. The van der Waals surface area contributed by atoms with E-state index in [1.807, 2.05) is 0 Å². The third kappa shape index (κ3) is 2.06. The average molecular weight is 290 g/mol. The Balaban J connectivity index is 1.90. The first-order valence-electron chi connectivity index (χ1n) is 8.05. The Bertz CT molecular complexity index is 858. The lowest BCUT2D eigenvalue weighted by Crippen LogP contribution is -2.30. The van der Waals surface area contributed by atoms with Gasteiger partial charge < -0.3 is 10.3 Å². The van der Waals surface area contributed by atoms with Crippen LogP contribution in [0.3, 0.4) is 0 Å². The summed E-state index contributed by atoms with van der Waals surface area (Å²) in [5, 5.41) is 5.09. The second kappa shape index (κ2) is 4.99. The van der Waals surface area contributed by atoms with Gasteiger partial charge in [0.25, 0.3) is 0 Å². The third-order valence-electron chi connectivity index (χ3n) is 4.84. The Labute approximate surface area is 131 Å². The first-order valence-corrected chi connectivity index (χ1v) is 8.05. The Morgan fingerprint density at radius 2 is 1.73 bits per heavy atom. The molecule has 0 saturated heterocycles. The lowest BCUT2D eigenvalue weighted by atomic mass is 9.91. The monoisotopic (exact) mass is 290 g/mol. The summed E-state index contributed by atoms with van der Waals surface area (Å²) in [6, 6.07) is 13.7. The van der Waals surface area contributed by atoms with E-state index in [4.69, 9.17) is 0 Å². The normalized spacial score (nSPS) is 17.7. The minimum Gasteiger partial charge on any atom is -0.357 e. The lowest BCUT2D eigenvalue weighted by Gasteiger charge is -2.26. The molecule has 0 amide bonds. The Morgan fingerprint density at radius 1 is 0.955 bits per heavy atom. The van der Waals surface area contributed by atoms with Gasteiger partial charge in [-0.3, -0.25) is 0 Å². The van der Waals surface area contributed by atoms with Crippen molar-refractivity contribution in [2.24, 2.45) is 0 Å². The number of aryl methyl sites for hydroxylation is 3. The van der Waals surface area contributed by atoms with Crippen LogP contribution in [-0.2, 0) is 6.42 Å². The summed E-state index contributed by atoms with van der Waals surface area (Å²) >= 11 is 0. The number of aromatic nitrogens is 1. The van der Waals surface area contributed by atoms with E-state index in [1.165, 1.54) is 44.4 Å². The van der Waals surface area contributed by atoms with E-state index in [9.17, 15) is 0 Å². The van der Waals surface area contributed by atoms with E-state index in [0.717, 1.165) is 13.0 Å². The predicted molar refractivity (Wildman–Crippen MR) is 92.5 cm³/mol. The highest BCUT2D eigenvalue weighted by molar-refractivity contribution is 5.86. The van der Waals surface area contributed by atoms with Crippen LogP contribution in [0.4, 0.5) is 0 Å². The van der Waals surface area contributed by atoms with Crippen LogP contribution >= 0.6 is 0 Å². The third-order valence-corrected chi connectivity index (χ3v) is 4.84. The Morgan fingerprint density at radius 3 is 2.55 bits per heavy atom. The van der Waals surface area contributed by atoms with Gasteiger partial charge in [-0.15, -0.1) is 0 Å². The van der Waals surface area contributed by atoms with Crippen molar-refractivity contribution in [1.82, 2.24) is 10.3 Å². The summed E-state index contributed by atoms with van der Waals surface area (Å²) in [6.45, 7) is 7.57. The molecule has 0 fully saturated rings. The van der Waals surface area contributed by atoms with Gasteiger partial charge in [0.2, 0.25) is 0 Å². The number of fused-ring (bicyclic) bond motifs is 3. The van der Waals surface area contributed by atoms with Gasteiger partial charge in [-0.1, -0.05) is 35.4 Å². The molecule has 1 aromatic heterocycles. The summed E-state index contributed by atoms with van der Waals surface area (Å²) in [7, 11) is 0. The summed E-state index contributed by atoms with van der Waals surface area (Å²) < 4.78 is 0. The molecule has 2 N–H and O–H groups in total. The average Bonchev–Trinajstić information content (AvgIpc) is 2.85. The fourth-order valence-corrected chi connectivity index (χ4v) is 3.76. The number of aromatic amines is 1. The molecule has 3 aromatic rings. The highest BCUT2D eigenvalue weighted by Gasteiger charge is 2.26. The van der Waals surface area contributed by atoms with Crippen LogP contribution in [0.1, 0.15) is 39.6 Å². The quantitative estimate of drug-likeness (QED) is 0.686. The largest absolute Gasteiger partial charge is 0.357 e. The zero-order valence-corrected chi connectivity index (χ0v) is 13.5. The van der Waals surface area contributed by atoms with Crippen LogP contribution < -0.4 is 5.32 Å². The molecule has 0 bridgehead atoms. The minimum absolute atomic E-state index is 0.275. The smallest absolute Gasteiger partial charge is 0.0734 e. The van der Waals surface area contributed by atoms with E-state index in [0.29, 0.717) is 0 Å². The maximum Gasteiger partial charge on any atom is 0.0734 e. The van der Waals surface area contributed by atoms with Crippen molar-refractivity contribution < 1.29 is 0 Å². The first-order chi connectivity index (χ1) is 10.6. The van der Waals surface area contributed by atoms with Crippen molar-refractivity contribution in [3.63, 3.8) is 0 Å². The highest BCUT2D eigenvalue weighted by atomic mass is 15.0. The molecule has 2 heteroatoms. The summed E-state index contributed by atoms with van der Waals surface area (Å²) in [5.41, 5.74) is 9.49. The topological polar surface area (TPSA) is 27.8 Å². The molecular formula is C20H22N2. The molecule has 0 spiro atoms. The molecule has 1 atom stereocenters. The maximum atomic E-state index is 3.70.